The summed E-state index contributed by atoms with van der Waals surface area (Å²) in [6, 6.07) is 17.0. The molecule has 0 atom stereocenters. The molecule has 3 aromatic heterocycles. The third kappa shape index (κ3) is 2.82. The Morgan fingerprint density at radius 1 is 0.964 bits per heavy atom. The van der Waals surface area contributed by atoms with Crippen LogP contribution in [0.4, 0.5) is 0 Å². The summed E-state index contributed by atoms with van der Waals surface area (Å²) in [5.41, 5.74) is 4.26. The molecule has 0 fully saturated rings. The Bertz CT molecular complexity index is 1280. The lowest BCUT2D eigenvalue weighted by Gasteiger charge is -2.04. The SMILES string of the molecule is Cc1nc(-c2ccc(Cl)cc2)c(-c2c(-c3ccco3)[nH]c3ccc(Cl)cc23)o1. The summed E-state index contributed by atoms with van der Waals surface area (Å²) >= 11 is 12.3. The van der Waals surface area contributed by atoms with E-state index in [0.717, 1.165) is 33.4 Å². The number of nitrogens with zero attached hydrogens (tertiary/aromatic N) is 1. The van der Waals surface area contributed by atoms with Gasteiger partial charge in [-0.1, -0.05) is 35.3 Å². The van der Waals surface area contributed by atoms with Gasteiger partial charge in [-0.05, 0) is 42.5 Å². The van der Waals surface area contributed by atoms with Gasteiger partial charge in [-0.15, -0.1) is 0 Å². The molecule has 0 saturated heterocycles. The Kier molecular flexibility index (Phi) is 4.04. The van der Waals surface area contributed by atoms with Crippen molar-refractivity contribution in [1.29, 1.82) is 0 Å². The van der Waals surface area contributed by atoms with E-state index in [2.05, 4.69) is 9.97 Å². The van der Waals surface area contributed by atoms with Gasteiger partial charge in [0.25, 0.3) is 0 Å². The van der Waals surface area contributed by atoms with E-state index in [1.54, 1.807) is 6.26 Å². The number of hydrogen-bond acceptors (Lipinski definition) is 3. The molecule has 2 aromatic carbocycles. The van der Waals surface area contributed by atoms with Crippen molar-refractivity contribution in [1.82, 2.24) is 9.97 Å². The molecule has 0 radical (unpaired) electrons. The Hall–Kier alpha value is -2.95. The van der Waals surface area contributed by atoms with E-state index in [1.807, 2.05) is 61.5 Å². The predicted octanol–water partition coefficient (Wildman–Crippen LogP) is 7.37. The van der Waals surface area contributed by atoms with Gasteiger partial charge in [0.05, 0.1) is 17.5 Å². The molecular weight excluding hydrogens is 395 g/mol. The van der Waals surface area contributed by atoms with Gasteiger partial charge in [-0.25, -0.2) is 4.98 Å². The number of rotatable bonds is 3. The van der Waals surface area contributed by atoms with E-state index in [1.165, 1.54) is 0 Å². The van der Waals surface area contributed by atoms with E-state index < -0.39 is 0 Å². The van der Waals surface area contributed by atoms with Gasteiger partial charge in [0.1, 0.15) is 5.69 Å². The Morgan fingerprint density at radius 3 is 2.50 bits per heavy atom. The molecular formula is C22H14Cl2N2O2. The lowest BCUT2D eigenvalue weighted by atomic mass is 10.0. The first-order chi connectivity index (χ1) is 13.6. The first-order valence-corrected chi connectivity index (χ1v) is 9.44. The van der Waals surface area contributed by atoms with Crippen molar-refractivity contribution in [2.75, 3.05) is 0 Å². The fraction of sp³-hybridized carbons (Fsp3) is 0.0455. The van der Waals surface area contributed by atoms with E-state index in [4.69, 9.17) is 32.0 Å². The van der Waals surface area contributed by atoms with E-state index in [0.29, 0.717) is 27.5 Å². The number of fused-ring (bicyclic) bond motifs is 1. The summed E-state index contributed by atoms with van der Waals surface area (Å²) in [5, 5.41) is 2.24. The smallest absolute Gasteiger partial charge is 0.192 e. The Balaban J connectivity index is 1.84. The molecule has 6 heteroatoms. The molecule has 0 bridgehead atoms. The fourth-order valence-electron chi connectivity index (χ4n) is 3.41. The quantitative estimate of drug-likeness (QED) is 0.339. The van der Waals surface area contributed by atoms with Crippen LogP contribution in [-0.4, -0.2) is 9.97 Å². The molecule has 1 N–H and O–H groups in total. The van der Waals surface area contributed by atoms with Crippen LogP contribution in [0.15, 0.2) is 69.7 Å². The van der Waals surface area contributed by atoms with Gasteiger partial charge in [-0.2, -0.15) is 0 Å². The zero-order valence-corrected chi connectivity index (χ0v) is 16.3. The largest absolute Gasteiger partial charge is 0.463 e. The molecule has 4 nitrogen and oxygen atoms in total. The molecule has 0 saturated carbocycles. The lowest BCUT2D eigenvalue weighted by Crippen LogP contribution is -1.85. The average Bonchev–Trinajstić information content (AvgIpc) is 3.40. The van der Waals surface area contributed by atoms with Crippen LogP contribution in [0.5, 0.6) is 0 Å². The maximum absolute atomic E-state index is 6.29. The molecule has 138 valence electrons. The summed E-state index contributed by atoms with van der Waals surface area (Å²) in [4.78, 5) is 8.06. The third-order valence-corrected chi connectivity index (χ3v) is 5.09. The van der Waals surface area contributed by atoms with Crippen molar-refractivity contribution < 1.29 is 8.83 Å². The second-order valence-corrected chi connectivity index (χ2v) is 7.33. The number of benzene rings is 2. The number of H-pyrrole nitrogens is 1. The molecule has 3 heterocycles. The van der Waals surface area contributed by atoms with E-state index >= 15 is 0 Å². The number of oxazole rings is 1. The third-order valence-electron chi connectivity index (χ3n) is 4.61. The summed E-state index contributed by atoms with van der Waals surface area (Å²) in [5.74, 6) is 1.93. The minimum atomic E-state index is 0.571. The lowest BCUT2D eigenvalue weighted by molar-refractivity contribution is 0.534. The fourth-order valence-corrected chi connectivity index (χ4v) is 3.70. The van der Waals surface area contributed by atoms with Crippen molar-refractivity contribution >= 4 is 34.1 Å². The number of hydrogen-bond donors (Lipinski definition) is 1. The van der Waals surface area contributed by atoms with Gasteiger partial charge in [0, 0.05) is 33.4 Å². The van der Waals surface area contributed by atoms with Gasteiger partial charge < -0.3 is 13.8 Å². The van der Waals surface area contributed by atoms with Crippen LogP contribution in [0.25, 0.3) is 44.9 Å². The molecule has 0 amide bonds. The number of aromatic amines is 1. The van der Waals surface area contributed by atoms with Crippen molar-refractivity contribution in [2.45, 2.75) is 6.92 Å². The van der Waals surface area contributed by atoms with Gasteiger partial charge in [0.2, 0.25) is 0 Å². The minimum absolute atomic E-state index is 0.571. The standard InChI is InChI=1S/C22H14Cl2N2O2/c1-12-25-20(13-4-6-14(23)7-5-13)22(28-12)19-16-11-15(24)8-9-17(16)26-21(19)18-3-2-10-27-18/h2-11,26H,1H3. The van der Waals surface area contributed by atoms with Crippen LogP contribution < -0.4 is 0 Å². The zero-order chi connectivity index (χ0) is 19.3. The predicted molar refractivity (Wildman–Crippen MR) is 112 cm³/mol. The first-order valence-electron chi connectivity index (χ1n) is 8.69. The summed E-state index contributed by atoms with van der Waals surface area (Å²) < 4.78 is 11.7. The van der Waals surface area contributed by atoms with Crippen molar-refractivity contribution in [3.05, 3.63) is 76.8 Å². The normalized spacial score (nSPS) is 11.4. The number of furan rings is 1. The number of halogens is 2. The molecule has 0 unspecified atom stereocenters. The molecule has 5 rings (SSSR count). The van der Waals surface area contributed by atoms with Gasteiger partial charge in [0.15, 0.2) is 17.4 Å². The summed E-state index contributed by atoms with van der Waals surface area (Å²) in [7, 11) is 0. The highest BCUT2D eigenvalue weighted by atomic mass is 35.5. The average molecular weight is 409 g/mol. The maximum Gasteiger partial charge on any atom is 0.192 e. The molecule has 0 aliphatic rings. The van der Waals surface area contributed by atoms with Crippen LogP contribution in [0.1, 0.15) is 5.89 Å². The molecule has 0 spiro atoms. The second-order valence-electron chi connectivity index (χ2n) is 6.46. The van der Waals surface area contributed by atoms with Gasteiger partial charge >= 0.3 is 0 Å². The van der Waals surface area contributed by atoms with Crippen LogP contribution in [-0.2, 0) is 0 Å². The highest BCUT2D eigenvalue weighted by molar-refractivity contribution is 6.31. The highest BCUT2D eigenvalue weighted by Crippen LogP contribution is 2.43. The van der Waals surface area contributed by atoms with Crippen LogP contribution >= 0.6 is 23.2 Å². The number of nitrogens with one attached hydrogen (secondary N) is 1. The molecule has 0 aliphatic heterocycles. The first kappa shape index (κ1) is 17.2. The molecule has 5 aromatic rings. The number of aryl methyl sites for hydroxylation is 1. The van der Waals surface area contributed by atoms with Crippen molar-refractivity contribution in [2.24, 2.45) is 0 Å². The summed E-state index contributed by atoms with van der Waals surface area (Å²) in [6.07, 6.45) is 1.64. The van der Waals surface area contributed by atoms with Crippen molar-refractivity contribution in [3.8, 4) is 34.0 Å². The molecule has 28 heavy (non-hydrogen) atoms. The van der Waals surface area contributed by atoms with Crippen LogP contribution in [0.3, 0.4) is 0 Å². The maximum atomic E-state index is 6.29. The second kappa shape index (κ2) is 6.59. The highest BCUT2D eigenvalue weighted by Gasteiger charge is 2.24. The molecule has 0 aliphatic carbocycles. The van der Waals surface area contributed by atoms with Gasteiger partial charge in [-0.3, -0.25) is 0 Å². The Morgan fingerprint density at radius 2 is 1.75 bits per heavy atom. The topological polar surface area (TPSA) is 55.0 Å². The minimum Gasteiger partial charge on any atom is -0.463 e. The monoisotopic (exact) mass is 408 g/mol. The van der Waals surface area contributed by atoms with E-state index in [-0.39, 0.29) is 0 Å². The number of aromatic nitrogens is 2. The van der Waals surface area contributed by atoms with Crippen LogP contribution in [0, 0.1) is 6.92 Å². The van der Waals surface area contributed by atoms with E-state index in [9.17, 15) is 0 Å². The van der Waals surface area contributed by atoms with Crippen LogP contribution in [0.2, 0.25) is 10.0 Å². The Labute approximate surface area is 170 Å². The van der Waals surface area contributed by atoms with Crippen molar-refractivity contribution in [3.63, 3.8) is 0 Å². The zero-order valence-electron chi connectivity index (χ0n) is 14.8. The summed E-state index contributed by atoms with van der Waals surface area (Å²) in [6.45, 7) is 1.83.